The molecule has 2 aromatic rings. The molecule has 8 heteroatoms. The van der Waals surface area contributed by atoms with Crippen LogP contribution in [0.1, 0.15) is 35.4 Å². The topological polar surface area (TPSA) is 63.7 Å². The molecule has 0 saturated heterocycles. The Morgan fingerprint density at radius 3 is 2.30 bits per heavy atom. The van der Waals surface area contributed by atoms with Crippen LogP contribution in [0.5, 0.6) is 0 Å². The number of rotatable bonds is 7. The van der Waals surface area contributed by atoms with Crippen molar-refractivity contribution in [2.45, 2.75) is 25.5 Å². The summed E-state index contributed by atoms with van der Waals surface area (Å²) in [7, 11) is -2.04. The first kappa shape index (κ1) is 21.7. The van der Waals surface area contributed by atoms with Crippen LogP contribution in [0.2, 0.25) is 10.0 Å². The van der Waals surface area contributed by atoms with E-state index in [0.717, 1.165) is 6.26 Å². The van der Waals surface area contributed by atoms with Crippen molar-refractivity contribution < 1.29 is 17.4 Å². The largest absolute Gasteiger partial charge is 0.339 e. The Morgan fingerprint density at radius 1 is 1.11 bits per heavy atom. The second kappa shape index (κ2) is 9.06. The Balaban J connectivity index is 2.23. The predicted molar refractivity (Wildman–Crippen MR) is 108 cm³/mol. The van der Waals surface area contributed by atoms with Crippen LogP contribution in [-0.4, -0.2) is 38.6 Å². The number of halogens is 2. The van der Waals surface area contributed by atoms with Crippen molar-refractivity contribution in [3.63, 3.8) is 0 Å². The maximum absolute atomic E-state index is 12.6. The molecule has 0 fully saturated rings. The van der Waals surface area contributed by atoms with Crippen molar-refractivity contribution in [1.82, 2.24) is 4.90 Å². The van der Waals surface area contributed by atoms with Crippen molar-refractivity contribution >= 4 is 39.2 Å². The van der Waals surface area contributed by atoms with Gasteiger partial charge < -0.3 is 4.90 Å². The minimum atomic E-state index is -3.72. The Morgan fingerprint density at radius 2 is 1.74 bits per heavy atom. The zero-order valence-corrected chi connectivity index (χ0v) is 17.6. The zero-order valence-electron chi connectivity index (χ0n) is 15.2. The Bertz CT molecular complexity index is 903. The second-order valence-electron chi connectivity index (χ2n) is 6.33. The van der Waals surface area contributed by atoms with Gasteiger partial charge in [0.25, 0.3) is 16.0 Å². The van der Waals surface area contributed by atoms with Crippen LogP contribution in [0, 0.1) is 0 Å². The first-order valence-corrected chi connectivity index (χ1v) is 10.8. The summed E-state index contributed by atoms with van der Waals surface area (Å²) in [5.74, 6) is -0.157. The lowest BCUT2D eigenvalue weighted by Crippen LogP contribution is -2.36. The molecule has 27 heavy (non-hydrogen) atoms. The van der Waals surface area contributed by atoms with Gasteiger partial charge >= 0.3 is 0 Å². The number of hydrogen-bond donors (Lipinski definition) is 0. The average Bonchev–Trinajstić information content (AvgIpc) is 2.61. The highest BCUT2D eigenvalue weighted by atomic mass is 35.5. The number of benzene rings is 2. The molecule has 0 spiro atoms. The maximum atomic E-state index is 12.6. The van der Waals surface area contributed by atoms with E-state index in [1.54, 1.807) is 54.4 Å². The van der Waals surface area contributed by atoms with Crippen LogP contribution in [0.15, 0.2) is 48.5 Å². The van der Waals surface area contributed by atoms with E-state index in [4.69, 9.17) is 27.4 Å². The summed E-state index contributed by atoms with van der Waals surface area (Å²) in [6.07, 6.45) is 0.456. The van der Waals surface area contributed by atoms with Gasteiger partial charge in [0, 0.05) is 18.7 Å². The van der Waals surface area contributed by atoms with E-state index in [0.29, 0.717) is 21.2 Å². The monoisotopic (exact) mass is 429 g/mol. The molecule has 0 heterocycles. The van der Waals surface area contributed by atoms with Crippen LogP contribution in [0.25, 0.3) is 0 Å². The van der Waals surface area contributed by atoms with Crippen LogP contribution < -0.4 is 0 Å². The fourth-order valence-electron chi connectivity index (χ4n) is 2.61. The van der Waals surface area contributed by atoms with E-state index in [9.17, 15) is 13.2 Å². The molecule has 5 nitrogen and oxygen atoms in total. The molecule has 0 aliphatic rings. The van der Waals surface area contributed by atoms with E-state index >= 15 is 0 Å². The fraction of sp³-hybridized carbons (Fsp3) is 0.316. The van der Waals surface area contributed by atoms with Crippen molar-refractivity contribution in [3.8, 4) is 0 Å². The molecule has 0 aliphatic heterocycles. The number of hydrogen-bond acceptors (Lipinski definition) is 4. The van der Waals surface area contributed by atoms with Gasteiger partial charge in [-0.25, -0.2) is 0 Å². The van der Waals surface area contributed by atoms with Gasteiger partial charge in [-0.3, -0.25) is 8.98 Å². The molecule has 0 bridgehead atoms. The molecule has 2 rings (SSSR count). The molecule has 1 amide bonds. The Labute approximate surface area is 170 Å². The van der Waals surface area contributed by atoms with Gasteiger partial charge in [-0.05, 0) is 43.2 Å². The smallest absolute Gasteiger partial charge is 0.264 e. The summed E-state index contributed by atoms with van der Waals surface area (Å²) < 4.78 is 28.7. The third-order valence-electron chi connectivity index (χ3n) is 4.16. The third-order valence-corrected chi connectivity index (χ3v) is 5.48. The third kappa shape index (κ3) is 6.21. The van der Waals surface area contributed by atoms with Crippen LogP contribution in [-0.2, 0) is 14.3 Å². The first-order valence-electron chi connectivity index (χ1n) is 8.24. The number of carbonyl (C=O) groups is 1. The fourth-order valence-corrected chi connectivity index (χ4v) is 3.53. The van der Waals surface area contributed by atoms with Gasteiger partial charge in [0.1, 0.15) is 6.10 Å². The Kier molecular flexibility index (Phi) is 7.28. The van der Waals surface area contributed by atoms with Crippen molar-refractivity contribution in [3.05, 3.63) is 69.7 Å². The van der Waals surface area contributed by atoms with E-state index < -0.39 is 16.2 Å². The molecule has 2 aromatic carbocycles. The van der Waals surface area contributed by atoms with Crippen molar-refractivity contribution in [2.24, 2.45) is 0 Å². The number of nitrogens with zero attached hydrogens (tertiary/aromatic N) is 1. The van der Waals surface area contributed by atoms with Gasteiger partial charge in [0.05, 0.1) is 16.3 Å². The lowest BCUT2D eigenvalue weighted by atomic mass is 10.0. The molecular formula is C19H21Cl2NO4S. The number of carbonyl (C=O) groups excluding carboxylic acids is 1. The van der Waals surface area contributed by atoms with E-state index in [1.165, 1.54) is 0 Å². The number of amides is 1. The molecule has 0 saturated carbocycles. The molecule has 0 aliphatic carbocycles. The molecule has 2 unspecified atom stereocenters. The summed E-state index contributed by atoms with van der Waals surface area (Å²) in [6, 6.07) is 13.4. The molecule has 0 aromatic heterocycles. The van der Waals surface area contributed by atoms with Crippen molar-refractivity contribution in [1.29, 1.82) is 0 Å². The second-order valence-corrected chi connectivity index (χ2v) is 8.74. The molecule has 2 atom stereocenters. The zero-order chi connectivity index (χ0) is 20.2. The van der Waals surface area contributed by atoms with Gasteiger partial charge in [-0.1, -0.05) is 47.5 Å². The summed E-state index contributed by atoms with van der Waals surface area (Å²) >= 11 is 12.0. The first-order chi connectivity index (χ1) is 12.6. The highest BCUT2D eigenvalue weighted by Gasteiger charge is 2.25. The van der Waals surface area contributed by atoms with Crippen LogP contribution >= 0.6 is 23.2 Å². The average molecular weight is 430 g/mol. The minimum absolute atomic E-state index is 0.157. The molecule has 146 valence electrons. The summed E-state index contributed by atoms with van der Waals surface area (Å²) in [6.45, 7) is 1.83. The van der Waals surface area contributed by atoms with Crippen molar-refractivity contribution in [2.75, 3.05) is 13.3 Å². The SMILES string of the molecule is CC(CC(OS(C)(=O)=O)c1ccc(Cl)c(Cl)c1)N(C)C(=O)c1ccccc1. The Hall–Kier alpha value is -1.60. The highest BCUT2D eigenvalue weighted by Crippen LogP contribution is 2.31. The standard InChI is InChI=1S/C19H21Cl2NO4S/c1-13(22(2)19(23)14-7-5-4-6-8-14)11-18(26-27(3,24)25)15-9-10-16(20)17(21)12-15/h4-10,12-13,18H,11H2,1-3H3. The quantitative estimate of drug-likeness (QED) is 0.604. The lowest BCUT2D eigenvalue weighted by Gasteiger charge is -2.28. The van der Waals surface area contributed by atoms with E-state index in [1.807, 2.05) is 13.0 Å². The summed E-state index contributed by atoms with van der Waals surface area (Å²) in [5.41, 5.74) is 1.13. The van der Waals surface area contributed by atoms with Gasteiger partial charge in [-0.2, -0.15) is 8.42 Å². The normalized spacial score (nSPS) is 13.8. The maximum Gasteiger partial charge on any atom is 0.264 e. The summed E-state index contributed by atoms with van der Waals surface area (Å²) in [4.78, 5) is 14.2. The summed E-state index contributed by atoms with van der Waals surface area (Å²) in [5, 5.41) is 0.667. The van der Waals surface area contributed by atoms with Crippen LogP contribution in [0.3, 0.4) is 0 Å². The lowest BCUT2D eigenvalue weighted by molar-refractivity contribution is 0.0695. The molecule has 0 N–H and O–H groups in total. The van der Waals surface area contributed by atoms with E-state index in [-0.39, 0.29) is 18.4 Å². The van der Waals surface area contributed by atoms with Gasteiger partial charge in [-0.15, -0.1) is 0 Å². The van der Waals surface area contributed by atoms with Gasteiger partial charge in [0.15, 0.2) is 0 Å². The molecule has 0 radical (unpaired) electrons. The molecular weight excluding hydrogens is 409 g/mol. The van der Waals surface area contributed by atoms with Gasteiger partial charge in [0.2, 0.25) is 0 Å². The van der Waals surface area contributed by atoms with Crippen LogP contribution in [0.4, 0.5) is 0 Å². The minimum Gasteiger partial charge on any atom is -0.339 e. The predicted octanol–water partition coefficient (Wildman–Crippen LogP) is 4.56. The van der Waals surface area contributed by atoms with E-state index in [2.05, 4.69) is 0 Å². The highest BCUT2D eigenvalue weighted by molar-refractivity contribution is 7.86.